The van der Waals surface area contributed by atoms with Crippen LogP contribution < -0.4 is 9.47 Å². The minimum Gasteiger partial charge on any atom is -0.504 e. The van der Waals surface area contributed by atoms with Gasteiger partial charge in [0.2, 0.25) is 11.5 Å². The zero-order valence-electron chi connectivity index (χ0n) is 19.0. The molecule has 172 valence electrons. The third-order valence-corrected chi connectivity index (χ3v) is 5.19. The summed E-state index contributed by atoms with van der Waals surface area (Å²) < 4.78 is 11.7. The second kappa shape index (κ2) is 14.8. The minimum absolute atomic E-state index is 0.0556. The van der Waals surface area contributed by atoms with Crippen LogP contribution in [0.4, 0.5) is 0 Å². The van der Waals surface area contributed by atoms with Crippen LogP contribution in [0.5, 0.6) is 23.0 Å². The Kier molecular flexibility index (Phi) is 12.8. The molecule has 6 heteroatoms. The van der Waals surface area contributed by atoms with Crippen molar-refractivity contribution in [1.29, 1.82) is 0 Å². The van der Waals surface area contributed by atoms with E-state index in [9.17, 15) is 20.1 Å². The van der Waals surface area contributed by atoms with Crippen molar-refractivity contribution in [3.05, 3.63) is 11.1 Å². The maximum Gasteiger partial charge on any atom is 0.340 e. The van der Waals surface area contributed by atoms with Crippen LogP contribution in [0.1, 0.15) is 107 Å². The van der Waals surface area contributed by atoms with Gasteiger partial charge in [0.25, 0.3) is 0 Å². The summed E-state index contributed by atoms with van der Waals surface area (Å²) in [5.41, 5.74) is 0.127. The largest absolute Gasteiger partial charge is 0.504 e. The number of aromatic hydroxyl groups is 2. The molecular weight excluding hydrogens is 384 g/mol. The molecule has 0 unspecified atom stereocenters. The first-order valence-corrected chi connectivity index (χ1v) is 11.6. The molecule has 0 spiro atoms. The van der Waals surface area contributed by atoms with E-state index in [1.807, 2.05) is 13.8 Å². The molecule has 0 bridgehead atoms. The van der Waals surface area contributed by atoms with E-state index in [-0.39, 0.29) is 17.1 Å². The first-order valence-electron chi connectivity index (χ1n) is 11.6. The van der Waals surface area contributed by atoms with E-state index in [1.54, 1.807) is 0 Å². The number of carboxylic acid groups (broad SMARTS) is 1. The normalized spacial score (nSPS) is 10.9. The van der Waals surface area contributed by atoms with E-state index in [2.05, 4.69) is 6.92 Å². The first kappa shape index (κ1) is 25.9. The van der Waals surface area contributed by atoms with Crippen molar-refractivity contribution < 1.29 is 29.6 Å². The Balaban J connectivity index is 3.15. The molecule has 6 nitrogen and oxygen atoms in total. The van der Waals surface area contributed by atoms with E-state index in [1.165, 1.54) is 25.7 Å². The van der Waals surface area contributed by atoms with Crippen molar-refractivity contribution in [2.24, 2.45) is 0 Å². The highest BCUT2D eigenvalue weighted by Gasteiger charge is 2.29. The Morgan fingerprint density at radius 2 is 1.20 bits per heavy atom. The summed E-state index contributed by atoms with van der Waals surface area (Å²) in [4.78, 5) is 11.9. The quantitative estimate of drug-likeness (QED) is 0.196. The van der Waals surface area contributed by atoms with Crippen LogP contribution >= 0.6 is 0 Å². The minimum atomic E-state index is -1.28. The van der Waals surface area contributed by atoms with Crippen LogP contribution in [0, 0.1) is 0 Å². The van der Waals surface area contributed by atoms with Gasteiger partial charge in [0.1, 0.15) is 5.56 Å². The molecule has 1 aromatic rings. The lowest BCUT2D eigenvalue weighted by atomic mass is 9.97. The zero-order valence-corrected chi connectivity index (χ0v) is 19.0. The molecule has 0 saturated carbocycles. The molecule has 0 aliphatic carbocycles. The van der Waals surface area contributed by atoms with Gasteiger partial charge in [-0.1, -0.05) is 72.1 Å². The molecular formula is C24H40O6. The SMILES string of the molecule is CCCCCCCCCc1c(OCCCC)c(OCCCC)c(O)c(O)c1C(=O)O. The number of unbranched alkanes of at least 4 members (excludes halogenated alkanes) is 8. The summed E-state index contributed by atoms with van der Waals surface area (Å²) in [6.07, 6.45) is 11.6. The third kappa shape index (κ3) is 7.96. The Morgan fingerprint density at radius 1 is 0.700 bits per heavy atom. The van der Waals surface area contributed by atoms with E-state index >= 15 is 0 Å². The lowest BCUT2D eigenvalue weighted by Crippen LogP contribution is -2.11. The number of hydrogen-bond donors (Lipinski definition) is 3. The fourth-order valence-electron chi connectivity index (χ4n) is 3.38. The second-order valence-corrected chi connectivity index (χ2v) is 7.79. The summed E-state index contributed by atoms with van der Waals surface area (Å²) in [7, 11) is 0. The van der Waals surface area contributed by atoms with Gasteiger partial charge in [-0.3, -0.25) is 0 Å². The molecule has 0 saturated heterocycles. The van der Waals surface area contributed by atoms with Gasteiger partial charge in [0, 0.05) is 5.56 Å². The Hall–Kier alpha value is -2.11. The number of benzene rings is 1. The smallest absolute Gasteiger partial charge is 0.340 e. The number of phenolic OH excluding ortho intramolecular Hbond substituents is 1. The molecule has 0 aromatic heterocycles. The van der Waals surface area contributed by atoms with E-state index < -0.39 is 17.5 Å². The van der Waals surface area contributed by atoms with Crippen LogP contribution in [0.15, 0.2) is 0 Å². The molecule has 0 fully saturated rings. The highest BCUT2D eigenvalue weighted by molar-refractivity contribution is 5.96. The number of aromatic carboxylic acids is 1. The number of carbonyl (C=O) groups is 1. The average molecular weight is 425 g/mol. The van der Waals surface area contributed by atoms with Gasteiger partial charge in [0.15, 0.2) is 11.5 Å². The molecule has 0 atom stereocenters. The van der Waals surface area contributed by atoms with Crippen LogP contribution in [0.3, 0.4) is 0 Å². The lowest BCUT2D eigenvalue weighted by Gasteiger charge is -2.21. The van der Waals surface area contributed by atoms with Gasteiger partial charge in [-0.25, -0.2) is 4.79 Å². The summed E-state index contributed by atoms with van der Waals surface area (Å²) >= 11 is 0. The van der Waals surface area contributed by atoms with Gasteiger partial charge in [0.05, 0.1) is 13.2 Å². The van der Waals surface area contributed by atoms with E-state index in [0.717, 1.165) is 44.9 Å². The number of carboxylic acids is 1. The molecule has 0 aliphatic heterocycles. The van der Waals surface area contributed by atoms with Crippen molar-refractivity contribution in [2.45, 2.75) is 97.8 Å². The maximum absolute atomic E-state index is 11.9. The predicted octanol–water partition coefficient (Wildman–Crippen LogP) is 6.45. The van der Waals surface area contributed by atoms with Crippen molar-refractivity contribution in [1.82, 2.24) is 0 Å². The molecule has 30 heavy (non-hydrogen) atoms. The summed E-state index contributed by atoms with van der Waals surface area (Å²) in [5, 5.41) is 30.6. The lowest BCUT2D eigenvalue weighted by molar-refractivity contribution is 0.0690. The van der Waals surface area contributed by atoms with Gasteiger partial charge in [-0.15, -0.1) is 0 Å². The summed E-state index contributed by atoms with van der Waals surface area (Å²) in [5.74, 6) is -2.16. The number of rotatable bonds is 17. The molecule has 0 heterocycles. The monoisotopic (exact) mass is 424 g/mol. The predicted molar refractivity (Wildman–Crippen MR) is 119 cm³/mol. The fourth-order valence-corrected chi connectivity index (χ4v) is 3.38. The van der Waals surface area contributed by atoms with Gasteiger partial charge >= 0.3 is 5.97 Å². The Labute approximate surface area is 181 Å². The van der Waals surface area contributed by atoms with Crippen molar-refractivity contribution in [3.63, 3.8) is 0 Å². The number of ether oxygens (including phenoxy) is 2. The summed E-state index contributed by atoms with van der Waals surface area (Å²) in [6, 6.07) is 0. The van der Waals surface area contributed by atoms with Crippen molar-refractivity contribution in [3.8, 4) is 23.0 Å². The number of hydrogen-bond acceptors (Lipinski definition) is 5. The van der Waals surface area contributed by atoms with Crippen LogP contribution in [0.2, 0.25) is 0 Å². The van der Waals surface area contributed by atoms with Crippen molar-refractivity contribution >= 4 is 5.97 Å². The average Bonchev–Trinajstić information content (AvgIpc) is 2.72. The second-order valence-electron chi connectivity index (χ2n) is 7.79. The van der Waals surface area contributed by atoms with Gasteiger partial charge in [-0.05, 0) is 25.7 Å². The van der Waals surface area contributed by atoms with Crippen LogP contribution in [0.25, 0.3) is 0 Å². The molecule has 0 radical (unpaired) electrons. The van der Waals surface area contributed by atoms with E-state index in [4.69, 9.17) is 9.47 Å². The van der Waals surface area contributed by atoms with Gasteiger partial charge < -0.3 is 24.8 Å². The third-order valence-electron chi connectivity index (χ3n) is 5.19. The topological polar surface area (TPSA) is 96.2 Å². The number of phenols is 2. The zero-order chi connectivity index (χ0) is 22.4. The van der Waals surface area contributed by atoms with Crippen LogP contribution in [-0.4, -0.2) is 34.5 Å². The summed E-state index contributed by atoms with van der Waals surface area (Å²) in [6.45, 7) is 7.01. The van der Waals surface area contributed by atoms with Crippen molar-refractivity contribution in [2.75, 3.05) is 13.2 Å². The molecule has 0 amide bonds. The highest BCUT2D eigenvalue weighted by Crippen LogP contribution is 2.49. The molecule has 0 aliphatic rings. The standard InChI is InChI=1S/C24H40O6/c1-4-7-10-11-12-13-14-15-18-19(24(27)28)20(25)21(26)23(30-17-9-6-3)22(18)29-16-8-5-2/h25-26H,4-17H2,1-3H3,(H,27,28). The fraction of sp³-hybridized carbons (Fsp3) is 0.708. The Bertz CT molecular complexity index is 641. The van der Waals surface area contributed by atoms with Gasteiger partial charge in [-0.2, -0.15) is 0 Å². The molecule has 3 N–H and O–H groups in total. The maximum atomic E-state index is 11.9. The van der Waals surface area contributed by atoms with Crippen LogP contribution in [-0.2, 0) is 6.42 Å². The molecule has 1 rings (SSSR count). The first-order chi connectivity index (χ1) is 14.5. The Morgan fingerprint density at radius 3 is 1.73 bits per heavy atom. The van der Waals surface area contributed by atoms with E-state index in [0.29, 0.717) is 25.2 Å². The molecule has 1 aromatic carbocycles. The highest BCUT2D eigenvalue weighted by atomic mass is 16.5.